The second-order valence-corrected chi connectivity index (χ2v) is 4.33. The van der Waals surface area contributed by atoms with Gasteiger partial charge in [0.1, 0.15) is 0 Å². The van der Waals surface area contributed by atoms with E-state index in [9.17, 15) is 4.79 Å². The molecule has 1 aliphatic rings. The Morgan fingerprint density at radius 2 is 2.19 bits per heavy atom. The number of rotatable bonds is 3. The van der Waals surface area contributed by atoms with E-state index in [0.29, 0.717) is 0 Å². The molecular formula is C13H18N2O. The first kappa shape index (κ1) is 11.1. The average Bonchev–Trinajstić information content (AvgIpc) is 2.83. The fraction of sp³-hybridized carbons (Fsp3) is 0.462. The van der Waals surface area contributed by atoms with E-state index in [1.807, 2.05) is 37.3 Å². The summed E-state index contributed by atoms with van der Waals surface area (Å²) in [5.41, 5.74) is 1.15. The van der Waals surface area contributed by atoms with E-state index in [4.69, 9.17) is 0 Å². The van der Waals surface area contributed by atoms with Gasteiger partial charge in [-0.05, 0) is 25.5 Å². The topological polar surface area (TPSA) is 41.1 Å². The molecule has 2 atom stereocenters. The van der Waals surface area contributed by atoms with Crippen LogP contribution in [0.3, 0.4) is 0 Å². The Hall–Kier alpha value is -1.35. The van der Waals surface area contributed by atoms with Crippen molar-refractivity contribution in [3.8, 4) is 0 Å². The molecule has 1 saturated heterocycles. The van der Waals surface area contributed by atoms with Crippen LogP contribution in [0.25, 0.3) is 0 Å². The molecule has 0 saturated carbocycles. The van der Waals surface area contributed by atoms with Crippen LogP contribution >= 0.6 is 0 Å². The second-order valence-electron chi connectivity index (χ2n) is 4.33. The van der Waals surface area contributed by atoms with Crippen molar-refractivity contribution < 1.29 is 4.79 Å². The Kier molecular flexibility index (Phi) is 3.57. The predicted octanol–water partition coefficient (Wildman–Crippen LogP) is 1.47. The smallest absolute Gasteiger partial charge is 0.224 e. The Bertz CT molecular complexity index is 344. The lowest BCUT2D eigenvalue weighted by Crippen LogP contribution is -2.33. The van der Waals surface area contributed by atoms with Crippen LogP contribution in [0.5, 0.6) is 0 Å². The van der Waals surface area contributed by atoms with Crippen molar-refractivity contribution in [1.29, 1.82) is 0 Å². The predicted molar refractivity (Wildman–Crippen MR) is 64.0 cm³/mol. The monoisotopic (exact) mass is 218 g/mol. The third-order valence-electron chi connectivity index (χ3n) is 3.09. The molecule has 1 heterocycles. The van der Waals surface area contributed by atoms with E-state index >= 15 is 0 Å². The molecule has 0 aliphatic carbocycles. The number of amides is 1. The molecule has 3 nitrogen and oxygen atoms in total. The summed E-state index contributed by atoms with van der Waals surface area (Å²) in [6.45, 7) is 3.79. The van der Waals surface area contributed by atoms with Gasteiger partial charge in [0.15, 0.2) is 0 Å². The number of benzene rings is 1. The zero-order valence-corrected chi connectivity index (χ0v) is 9.57. The lowest BCUT2D eigenvalue weighted by atomic mass is 10.1. The van der Waals surface area contributed by atoms with Gasteiger partial charge >= 0.3 is 0 Å². The van der Waals surface area contributed by atoms with Gasteiger partial charge in [-0.1, -0.05) is 30.3 Å². The van der Waals surface area contributed by atoms with Gasteiger partial charge in [0.05, 0.1) is 12.0 Å². The molecule has 1 aromatic carbocycles. The van der Waals surface area contributed by atoms with Crippen molar-refractivity contribution in [2.45, 2.75) is 19.4 Å². The summed E-state index contributed by atoms with van der Waals surface area (Å²) in [5.74, 6) is 0.313. The van der Waals surface area contributed by atoms with E-state index in [1.54, 1.807) is 0 Å². The van der Waals surface area contributed by atoms with E-state index in [-0.39, 0.29) is 17.9 Å². The third kappa shape index (κ3) is 2.61. The Morgan fingerprint density at radius 1 is 1.44 bits per heavy atom. The van der Waals surface area contributed by atoms with Crippen LogP contribution in [0.15, 0.2) is 30.3 Å². The first-order chi connectivity index (χ1) is 7.77. The van der Waals surface area contributed by atoms with Gasteiger partial charge in [-0.2, -0.15) is 0 Å². The van der Waals surface area contributed by atoms with Gasteiger partial charge in [-0.3, -0.25) is 4.79 Å². The molecule has 0 radical (unpaired) electrons. The first-order valence-corrected chi connectivity index (χ1v) is 5.83. The minimum atomic E-state index is 0.0919. The number of hydrogen-bond donors (Lipinski definition) is 2. The Labute approximate surface area is 96.2 Å². The lowest BCUT2D eigenvalue weighted by Gasteiger charge is -2.16. The quantitative estimate of drug-likeness (QED) is 0.806. The molecule has 2 N–H and O–H groups in total. The minimum absolute atomic E-state index is 0.0919. The largest absolute Gasteiger partial charge is 0.349 e. The molecule has 1 amide bonds. The van der Waals surface area contributed by atoms with Gasteiger partial charge in [0, 0.05) is 6.54 Å². The van der Waals surface area contributed by atoms with E-state index in [1.165, 1.54) is 0 Å². The highest BCUT2D eigenvalue weighted by atomic mass is 16.2. The number of hydrogen-bond acceptors (Lipinski definition) is 2. The van der Waals surface area contributed by atoms with Crippen LogP contribution < -0.4 is 10.6 Å². The summed E-state index contributed by atoms with van der Waals surface area (Å²) >= 11 is 0. The Balaban J connectivity index is 1.92. The maximum Gasteiger partial charge on any atom is 0.224 e. The van der Waals surface area contributed by atoms with Gasteiger partial charge in [-0.15, -0.1) is 0 Å². The van der Waals surface area contributed by atoms with Crippen molar-refractivity contribution in [3.05, 3.63) is 35.9 Å². The van der Waals surface area contributed by atoms with Crippen LogP contribution in [0, 0.1) is 5.92 Å². The van der Waals surface area contributed by atoms with E-state index < -0.39 is 0 Å². The highest BCUT2D eigenvalue weighted by Crippen LogP contribution is 2.14. The van der Waals surface area contributed by atoms with Crippen LogP contribution in [0.2, 0.25) is 0 Å². The lowest BCUT2D eigenvalue weighted by molar-refractivity contribution is -0.125. The average molecular weight is 218 g/mol. The molecule has 0 bridgehead atoms. The maximum absolute atomic E-state index is 11.9. The summed E-state index contributed by atoms with van der Waals surface area (Å²) < 4.78 is 0. The summed E-state index contributed by atoms with van der Waals surface area (Å²) in [6, 6.07) is 10.1. The van der Waals surface area contributed by atoms with Crippen molar-refractivity contribution in [1.82, 2.24) is 10.6 Å². The third-order valence-corrected chi connectivity index (χ3v) is 3.09. The minimum Gasteiger partial charge on any atom is -0.349 e. The van der Waals surface area contributed by atoms with Crippen molar-refractivity contribution in [3.63, 3.8) is 0 Å². The zero-order chi connectivity index (χ0) is 11.4. The fourth-order valence-electron chi connectivity index (χ4n) is 2.03. The van der Waals surface area contributed by atoms with E-state index in [0.717, 1.165) is 25.1 Å². The molecule has 86 valence electrons. The normalized spacial score (nSPS) is 21.7. The van der Waals surface area contributed by atoms with Gasteiger partial charge in [0.25, 0.3) is 0 Å². The standard InChI is InChI=1S/C13H18N2O/c1-10(11-5-3-2-4-6-11)15-13(16)12-7-8-14-9-12/h2-6,10,12,14H,7-9H2,1H3,(H,15,16)/t10-,12?/m0/s1. The molecule has 0 aromatic heterocycles. The van der Waals surface area contributed by atoms with Gasteiger partial charge in [0.2, 0.25) is 5.91 Å². The SMILES string of the molecule is C[C@H](NC(=O)C1CCNC1)c1ccccc1. The molecule has 16 heavy (non-hydrogen) atoms. The number of carbonyl (C=O) groups is 1. The molecule has 1 fully saturated rings. The highest BCUT2D eigenvalue weighted by Gasteiger charge is 2.23. The fourth-order valence-corrected chi connectivity index (χ4v) is 2.03. The first-order valence-electron chi connectivity index (χ1n) is 5.83. The number of carbonyl (C=O) groups excluding carboxylic acids is 1. The molecule has 1 aliphatic heterocycles. The molecule has 3 heteroatoms. The zero-order valence-electron chi connectivity index (χ0n) is 9.57. The Morgan fingerprint density at radius 3 is 2.81 bits per heavy atom. The van der Waals surface area contributed by atoms with Crippen LogP contribution in [0.1, 0.15) is 24.9 Å². The van der Waals surface area contributed by atoms with Gasteiger partial charge < -0.3 is 10.6 Å². The maximum atomic E-state index is 11.9. The molecule has 1 unspecified atom stereocenters. The molecule has 1 aromatic rings. The highest BCUT2D eigenvalue weighted by molar-refractivity contribution is 5.79. The number of nitrogens with one attached hydrogen (secondary N) is 2. The van der Waals surface area contributed by atoms with E-state index in [2.05, 4.69) is 10.6 Å². The molecular weight excluding hydrogens is 200 g/mol. The molecule has 0 spiro atoms. The van der Waals surface area contributed by atoms with Crippen molar-refractivity contribution in [2.75, 3.05) is 13.1 Å². The van der Waals surface area contributed by atoms with Gasteiger partial charge in [-0.25, -0.2) is 0 Å². The van der Waals surface area contributed by atoms with Crippen molar-refractivity contribution in [2.24, 2.45) is 5.92 Å². The van der Waals surface area contributed by atoms with Crippen LogP contribution in [0.4, 0.5) is 0 Å². The molecule has 2 rings (SSSR count). The summed E-state index contributed by atoms with van der Waals surface area (Å²) in [4.78, 5) is 11.9. The summed E-state index contributed by atoms with van der Waals surface area (Å²) in [6.07, 6.45) is 0.952. The van der Waals surface area contributed by atoms with Crippen LogP contribution in [-0.4, -0.2) is 19.0 Å². The summed E-state index contributed by atoms with van der Waals surface area (Å²) in [7, 11) is 0. The second kappa shape index (κ2) is 5.12. The van der Waals surface area contributed by atoms with Crippen molar-refractivity contribution >= 4 is 5.91 Å². The summed E-state index contributed by atoms with van der Waals surface area (Å²) in [5, 5.41) is 6.26. The van der Waals surface area contributed by atoms with Crippen LogP contribution in [-0.2, 0) is 4.79 Å².